The van der Waals surface area contributed by atoms with Crippen molar-refractivity contribution in [1.82, 2.24) is 9.80 Å². The Balaban J connectivity index is 1.54. The normalized spacial score (nSPS) is 20.0. The molecule has 3 nitrogen and oxygen atoms in total. The number of nitrogens with zero attached hydrogens (tertiary/aromatic N) is 2. The van der Waals surface area contributed by atoms with E-state index in [-0.39, 0.29) is 0 Å². The van der Waals surface area contributed by atoms with Gasteiger partial charge in [0.1, 0.15) is 5.75 Å². The lowest BCUT2D eigenvalue weighted by Gasteiger charge is -2.32. The fourth-order valence-corrected chi connectivity index (χ4v) is 3.55. The molecule has 1 aromatic carbocycles. The Labute approximate surface area is 145 Å². The van der Waals surface area contributed by atoms with Crippen LogP contribution in [-0.2, 0) is 6.42 Å². The Hall–Kier alpha value is -0.770. The summed E-state index contributed by atoms with van der Waals surface area (Å²) in [6.45, 7) is 8.86. The van der Waals surface area contributed by atoms with Crippen molar-refractivity contribution in [2.45, 2.75) is 32.6 Å². The van der Waals surface area contributed by atoms with Crippen LogP contribution < -0.4 is 4.74 Å². The molecule has 0 spiro atoms. The molecule has 1 aromatic rings. The summed E-state index contributed by atoms with van der Waals surface area (Å²) in [5.41, 5.74) is 2.51. The van der Waals surface area contributed by atoms with Gasteiger partial charge in [-0.3, -0.25) is 0 Å². The fraction of sp³-hybridized carbons (Fsp3) is 0.684. The molecule has 3 rings (SSSR count). The van der Waals surface area contributed by atoms with Crippen molar-refractivity contribution in [3.8, 4) is 5.75 Å². The SMILES string of the molecule is Cc1cc(Cl)c(OCC2CC2)c(CCCN2CCN(C)CC2)c1. The van der Waals surface area contributed by atoms with Crippen molar-refractivity contribution in [2.24, 2.45) is 5.92 Å². The van der Waals surface area contributed by atoms with Crippen LogP contribution in [0.5, 0.6) is 5.75 Å². The number of likely N-dealkylation sites (N-methyl/N-ethyl adjacent to an activating group) is 1. The van der Waals surface area contributed by atoms with Crippen LogP contribution in [0.1, 0.15) is 30.4 Å². The van der Waals surface area contributed by atoms with E-state index < -0.39 is 0 Å². The molecule has 4 heteroatoms. The average Bonchev–Trinajstić information content (AvgIpc) is 3.32. The van der Waals surface area contributed by atoms with Crippen molar-refractivity contribution >= 4 is 11.6 Å². The Morgan fingerprint density at radius 2 is 1.91 bits per heavy atom. The van der Waals surface area contributed by atoms with Crippen molar-refractivity contribution in [2.75, 3.05) is 46.4 Å². The molecule has 1 saturated carbocycles. The van der Waals surface area contributed by atoms with Gasteiger partial charge in [-0.2, -0.15) is 0 Å². The molecule has 0 bridgehead atoms. The first-order valence-electron chi connectivity index (χ1n) is 8.94. The molecule has 1 saturated heterocycles. The van der Waals surface area contributed by atoms with Crippen LogP contribution in [0, 0.1) is 12.8 Å². The van der Waals surface area contributed by atoms with Gasteiger partial charge in [0.05, 0.1) is 11.6 Å². The summed E-state index contributed by atoms with van der Waals surface area (Å²) in [5, 5.41) is 0.778. The molecule has 128 valence electrons. The second-order valence-electron chi connectivity index (χ2n) is 7.24. The molecule has 0 N–H and O–H groups in total. The number of aryl methyl sites for hydroxylation is 2. The Bertz CT molecular complexity index is 522. The first-order chi connectivity index (χ1) is 11.1. The van der Waals surface area contributed by atoms with E-state index in [0.717, 1.165) is 29.7 Å². The summed E-state index contributed by atoms with van der Waals surface area (Å²) in [6, 6.07) is 4.27. The van der Waals surface area contributed by atoms with E-state index >= 15 is 0 Å². The number of ether oxygens (including phenoxy) is 1. The third-order valence-electron chi connectivity index (χ3n) is 4.94. The zero-order valence-electron chi connectivity index (χ0n) is 14.5. The maximum atomic E-state index is 6.44. The largest absolute Gasteiger partial charge is 0.491 e. The molecule has 1 aliphatic carbocycles. The first-order valence-corrected chi connectivity index (χ1v) is 9.32. The number of benzene rings is 1. The summed E-state index contributed by atoms with van der Waals surface area (Å²) in [6.07, 6.45) is 4.83. The minimum atomic E-state index is 0.755. The maximum absolute atomic E-state index is 6.44. The predicted octanol–water partition coefficient (Wildman–Crippen LogP) is 3.62. The van der Waals surface area contributed by atoms with Crippen molar-refractivity contribution in [3.05, 3.63) is 28.3 Å². The lowest BCUT2D eigenvalue weighted by Crippen LogP contribution is -2.44. The third-order valence-corrected chi connectivity index (χ3v) is 5.22. The van der Waals surface area contributed by atoms with Gasteiger partial charge in [-0.15, -0.1) is 0 Å². The fourth-order valence-electron chi connectivity index (χ4n) is 3.20. The highest BCUT2D eigenvalue weighted by Crippen LogP contribution is 2.35. The molecule has 0 aromatic heterocycles. The summed E-state index contributed by atoms with van der Waals surface area (Å²) in [7, 11) is 2.20. The zero-order chi connectivity index (χ0) is 16.2. The van der Waals surface area contributed by atoms with E-state index in [9.17, 15) is 0 Å². The molecular weight excluding hydrogens is 308 g/mol. The standard InChI is InChI=1S/C19H29ClN2O/c1-15-12-17(4-3-7-22-10-8-21(2)9-11-22)19(18(20)13-15)23-14-16-5-6-16/h12-13,16H,3-11,14H2,1-2H3. The highest BCUT2D eigenvalue weighted by molar-refractivity contribution is 6.32. The van der Waals surface area contributed by atoms with Gasteiger partial charge in [0, 0.05) is 26.2 Å². The molecule has 2 fully saturated rings. The molecule has 0 radical (unpaired) electrons. The minimum Gasteiger partial charge on any atom is -0.491 e. The number of hydrogen-bond acceptors (Lipinski definition) is 3. The van der Waals surface area contributed by atoms with Crippen LogP contribution in [0.2, 0.25) is 5.02 Å². The predicted molar refractivity (Wildman–Crippen MR) is 96.7 cm³/mol. The summed E-state index contributed by atoms with van der Waals surface area (Å²) in [5.74, 6) is 1.69. The van der Waals surface area contributed by atoms with Crippen LogP contribution in [0.3, 0.4) is 0 Å². The van der Waals surface area contributed by atoms with E-state index in [1.807, 2.05) is 6.07 Å². The molecule has 2 aliphatic rings. The van der Waals surface area contributed by atoms with E-state index in [0.29, 0.717) is 0 Å². The molecule has 0 unspecified atom stereocenters. The molecule has 23 heavy (non-hydrogen) atoms. The van der Waals surface area contributed by atoms with Crippen LogP contribution >= 0.6 is 11.6 Å². The van der Waals surface area contributed by atoms with E-state index in [1.54, 1.807) is 0 Å². The molecule has 0 amide bonds. The number of hydrogen-bond donors (Lipinski definition) is 0. The quantitative estimate of drug-likeness (QED) is 0.756. The van der Waals surface area contributed by atoms with Crippen molar-refractivity contribution in [3.63, 3.8) is 0 Å². The summed E-state index contributed by atoms with van der Waals surface area (Å²) < 4.78 is 6.05. The maximum Gasteiger partial charge on any atom is 0.141 e. The molecule has 0 atom stereocenters. The Morgan fingerprint density at radius 1 is 1.17 bits per heavy atom. The highest BCUT2D eigenvalue weighted by Gasteiger charge is 2.23. The summed E-state index contributed by atoms with van der Waals surface area (Å²) in [4.78, 5) is 4.97. The smallest absolute Gasteiger partial charge is 0.141 e. The molecular formula is C19H29ClN2O. The van der Waals surface area contributed by atoms with Gasteiger partial charge in [-0.1, -0.05) is 17.7 Å². The van der Waals surface area contributed by atoms with Gasteiger partial charge in [0.15, 0.2) is 0 Å². The zero-order valence-corrected chi connectivity index (χ0v) is 15.2. The van der Waals surface area contributed by atoms with Crippen LogP contribution in [0.4, 0.5) is 0 Å². The van der Waals surface area contributed by atoms with E-state index in [1.165, 1.54) is 63.1 Å². The van der Waals surface area contributed by atoms with Gasteiger partial charge >= 0.3 is 0 Å². The van der Waals surface area contributed by atoms with Gasteiger partial charge in [-0.25, -0.2) is 0 Å². The first kappa shape index (κ1) is 17.1. The van der Waals surface area contributed by atoms with Crippen molar-refractivity contribution < 1.29 is 4.74 Å². The number of rotatable bonds is 7. The van der Waals surface area contributed by atoms with Crippen LogP contribution in [-0.4, -0.2) is 56.2 Å². The highest BCUT2D eigenvalue weighted by atomic mass is 35.5. The van der Waals surface area contributed by atoms with Gasteiger partial charge in [-0.05, 0) is 69.3 Å². The lowest BCUT2D eigenvalue weighted by molar-refractivity contribution is 0.153. The minimum absolute atomic E-state index is 0.755. The molecule has 1 aliphatic heterocycles. The topological polar surface area (TPSA) is 15.7 Å². The van der Waals surface area contributed by atoms with Crippen molar-refractivity contribution in [1.29, 1.82) is 0 Å². The van der Waals surface area contributed by atoms with Gasteiger partial charge in [0.25, 0.3) is 0 Å². The second kappa shape index (κ2) is 7.87. The third kappa shape index (κ3) is 5.10. The summed E-state index contributed by atoms with van der Waals surface area (Å²) >= 11 is 6.44. The Kier molecular flexibility index (Phi) is 5.84. The van der Waals surface area contributed by atoms with Crippen LogP contribution in [0.25, 0.3) is 0 Å². The number of halogens is 1. The average molecular weight is 337 g/mol. The van der Waals surface area contributed by atoms with E-state index in [2.05, 4.69) is 29.8 Å². The number of piperazine rings is 1. The molecule has 1 heterocycles. The van der Waals surface area contributed by atoms with E-state index in [4.69, 9.17) is 16.3 Å². The second-order valence-corrected chi connectivity index (χ2v) is 7.65. The lowest BCUT2D eigenvalue weighted by atomic mass is 10.0. The van der Waals surface area contributed by atoms with Gasteiger partial charge in [0.2, 0.25) is 0 Å². The monoisotopic (exact) mass is 336 g/mol. The Morgan fingerprint density at radius 3 is 2.61 bits per heavy atom. The van der Waals surface area contributed by atoms with Crippen LogP contribution in [0.15, 0.2) is 12.1 Å². The van der Waals surface area contributed by atoms with Gasteiger partial charge < -0.3 is 14.5 Å².